The molecule has 0 unspecified atom stereocenters. The molecule has 17 heavy (non-hydrogen) atoms. The predicted molar refractivity (Wildman–Crippen MR) is 62.1 cm³/mol. The molecule has 1 N–H and O–H groups in total. The van der Waals surface area contributed by atoms with Gasteiger partial charge >= 0.3 is 0 Å². The maximum absolute atomic E-state index is 5.29. The van der Waals surface area contributed by atoms with Gasteiger partial charge in [-0.2, -0.15) is 0 Å². The van der Waals surface area contributed by atoms with Crippen LogP contribution in [0.4, 0.5) is 0 Å². The van der Waals surface area contributed by atoms with Crippen LogP contribution in [0.5, 0.6) is 0 Å². The highest BCUT2D eigenvalue weighted by Crippen LogP contribution is 2.25. The minimum atomic E-state index is 0.667. The summed E-state index contributed by atoms with van der Waals surface area (Å²) in [6, 6.07) is 0.667. The van der Waals surface area contributed by atoms with Gasteiger partial charge in [-0.05, 0) is 19.8 Å². The molecule has 0 aliphatic heterocycles. The van der Waals surface area contributed by atoms with E-state index in [1.165, 1.54) is 12.8 Å². The normalized spacial score (nSPS) is 15.1. The average Bonchev–Trinajstić information content (AvgIpc) is 3.06. The third-order valence-electron chi connectivity index (χ3n) is 2.90. The second-order valence-electron chi connectivity index (χ2n) is 4.33. The number of hydrogen-bond acceptors (Lipinski definition) is 5. The average molecular weight is 230 g/mol. The minimum absolute atomic E-state index is 0.667. The molecular formula is C12H14N4O. The first-order valence-electron chi connectivity index (χ1n) is 5.79. The Morgan fingerprint density at radius 2 is 2.18 bits per heavy atom. The Morgan fingerprint density at radius 1 is 1.35 bits per heavy atom. The molecule has 0 radical (unpaired) electrons. The van der Waals surface area contributed by atoms with Crippen molar-refractivity contribution in [2.24, 2.45) is 0 Å². The Labute approximate surface area is 99.3 Å². The monoisotopic (exact) mass is 230 g/mol. The molecule has 2 aromatic heterocycles. The number of aryl methyl sites for hydroxylation is 1. The smallest absolute Gasteiger partial charge is 0.191 e. The minimum Gasteiger partial charge on any atom is -0.354 e. The van der Waals surface area contributed by atoms with Crippen LogP contribution in [0.1, 0.15) is 24.1 Å². The van der Waals surface area contributed by atoms with Crippen LogP contribution in [-0.2, 0) is 6.54 Å². The first kappa shape index (κ1) is 10.4. The molecule has 0 amide bonds. The molecule has 1 saturated carbocycles. The summed E-state index contributed by atoms with van der Waals surface area (Å²) < 4.78 is 5.29. The van der Waals surface area contributed by atoms with E-state index in [4.69, 9.17) is 4.52 Å². The van der Waals surface area contributed by atoms with Crippen molar-refractivity contribution in [2.45, 2.75) is 32.4 Å². The van der Waals surface area contributed by atoms with Gasteiger partial charge in [0.25, 0.3) is 0 Å². The molecule has 1 aliphatic rings. The van der Waals surface area contributed by atoms with Crippen LogP contribution in [0, 0.1) is 6.92 Å². The van der Waals surface area contributed by atoms with E-state index < -0.39 is 0 Å². The number of nitrogens with zero attached hydrogens (tertiary/aromatic N) is 3. The van der Waals surface area contributed by atoms with E-state index in [9.17, 15) is 0 Å². The van der Waals surface area contributed by atoms with Gasteiger partial charge < -0.3 is 9.84 Å². The number of rotatable bonds is 4. The first-order chi connectivity index (χ1) is 8.34. The Morgan fingerprint density at radius 3 is 2.94 bits per heavy atom. The van der Waals surface area contributed by atoms with Gasteiger partial charge in [-0.25, -0.2) is 4.98 Å². The van der Waals surface area contributed by atoms with Crippen molar-refractivity contribution in [2.75, 3.05) is 0 Å². The summed E-state index contributed by atoms with van der Waals surface area (Å²) in [6.45, 7) is 2.70. The molecule has 0 aromatic carbocycles. The van der Waals surface area contributed by atoms with Crippen molar-refractivity contribution < 1.29 is 4.52 Å². The van der Waals surface area contributed by atoms with Gasteiger partial charge in [0.2, 0.25) is 0 Å². The Bertz CT molecular complexity index is 519. The van der Waals surface area contributed by atoms with E-state index >= 15 is 0 Å². The van der Waals surface area contributed by atoms with E-state index in [0.29, 0.717) is 6.04 Å². The maximum atomic E-state index is 5.29. The third kappa shape index (κ3) is 2.19. The summed E-state index contributed by atoms with van der Waals surface area (Å²) in [7, 11) is 0. The van der Waals surface area contributed by atoms with Crippen LogP contribution in [0.25, 0.3) is 11.5 Å². The molecule has 3 rings (SSSR count). The van der Waals surface area contributed by atoms with Crippen molar-refractivity contribution in [3.63, 3.8) is 0 Å². The fraction of sp³-hybridized carbons (Fsp3) is 0.417. The topological polar surface area (TPSA) is 63.8 Å². The lowest BCUT2D eigenvalue weighted by molar-refractivity contribution is 0.429. The third-order valence-corrected chi connectivity index (χ3v) is 2.90. The summed E-state index contributed by atoms with van der Waals surface area (Å²) in [5, 5.41) is 7.30. The van der Waals surface area contributed by atoms with Gasteiger partial charge in [-0.3, -0.25) is 4.98 Å². The Balaban J connectivity index is 1.86. The van der Waals surface area contributed by atoms with Crippen molar-refractivity contribution >= 4 is 0 Å². The molecule has 5 nitrogen and oxygen atoms in total. The quantitative estimate of drug-likeness (QED) is 0.866. The fourth-order valence-corrected chi connectivity index (χ4v) is 1.75. The van der Waals surface area contributed by atoms with Crippen LogP contribution < -0.4 is 5.32 Å². The second kappa shape index (κ2) is 4.25. The SMILES string of the molecule is Cc1nccnc1-c1oncc1CNC1CC1. The molecule has 2 heterocycles. The van der Waals surface area contributed by atoms with Gasteiger partial charge in [0.1, 0.15) is 5.69 Å². The first-order valence-corrected chi connectivity index (χ1v) is 5.79. The highest BCUT2D eigenvalue weighted by atomic mass is 16.5. The molecule has 0 saturated heterocycles. The molecule has 0 bridgehead atoms. The Kier molecular flexibility index (Phi) is 2.60. The van der Waals surface area contributed by atoms with E-state index in [2.05, 4.69) is 20.4 Å². The van der Waals surface area contributed by atoms with E-state index in [1.807, 2.05) is 6.92 Å². The van der Waals surface area contributed by atoms with Crippen LogP contribution in [0.15, 0.2) is 23.1 Å². The van der Waals surface area contributed by atoms with Gasteiger partial charge in [-0.1, -0.05) is 5.16 Å². The van der Waals surface area contributed by atoms with Crippen molar-refractivity contribution in [3.8, 4) is 11.5 Å². The van der Waals surface area contributed by atoms with Crippen molar-refractivity contribution in [1.29, 1.82) is 0 Å². The summed E-state index contributed by atoms with van der Waals surface area (Å²) >= 11 is 0. The number of nitrogens with one attached hydrogen (secondary N) is 1. The zero-order chi connectivity index (χ0) is 11.7. The number of hydrogen-bond donors (Lipinski definition) is 1. The van der Waals surface area contributed by atoms with Crippen molar-refractivity contribution in [1.82, 2.24) is 20.4 Å². The molecule has 0 spiro atoms. The molecule has 88 valence electrons. The van der Waals surface area contributed by atoms with Crippen LogP contribution >= 0.6 is 0 Å². The lowest BCUT2D eigenvalue weighted by Crippen LogP contribution is -2.15. The van der Waals surface area contributed by atoms with Crippen LogP contribution in [-0.4, -0.2) is 21.2 Å². The summed E-state index contributed by atoms with van der Waals surface area (Å²) in [5.74, 6) is 0.726. The summed E-state index contributed by atoms with van der Waals surface area (Å²) in [6.07, 6.45) is 7.63. The highest BCUT2D eigenvalue weighted by molar-refractivity contribution is 5.58. The van der Waals surface area contributed by atoms with E-state index in [-0.39, 0.29) is 0 Å². The second-order valence-corrected chi connectivity index (χ2v) is 4.33. The molecule has 0 atom stereocenters. The van der Waals surface area contributed by atoms with E-state index in [1.54, 1.807) is 18.6 Å². The predicted octanol–water partition coefficient (Wildman–Crippen LogP) is 1.69. The number of aromatic nitrogens is 3. The summed E-state index contributed by atoms with van der Waals surface area (Å²) in [5.41, 5.74) is 2.68. The van der Waals surface area contributed by atoms with Gasteiger partial charge in [0, 0.05) is 30.5 Å². The fourth-order valence-electron chi connectivity index (χ4n) is 1.75. The Hall–Kier alpha value is -1.75. The largest absolute Gasteiger partial charge is 0.354 e. The van der Waals surface area contributed by atoms with Crippen LogP contribution in [0.2, 0.25) is 0 Å². The highest BCUT2D eigenvalue weighted by Gasteiger charge is 2.22. The van der Waals surface area contributed by atoms with Gasteiger partial charge in [0.05, 0.1) is 11.9 Å². The van der Waals surface area contributed by atoms with Gasteiger partial charge in [0.15, 0.2) is 5.76 Å². The molecule has 1 aliphatic carbocycles. The van der Waals surface area contributed by atoms with Crippen molar-refractivity contribution in [3.05, 3.63) is 29.8 Å². The van der Waals surface area contributed by atoms with E-state index in [0.717, 1.165) is 29.3 Å². The van der Waals surface area contributed by atoms with Crippen LogP contribution in [0.3, 0.4) is 0 Å². The molecule has 1 fully saturated rings. The molecule has 2 aromatic rings. The standard InChI is InChI=1S/C12H14N4O/c1-8-11(14-5-4-13-8)12-9(7-16-17-12)6-15-10-2-3-10/h4-5,7,10,15H,2-3,6H2,1H3. The zero-order valence-electron chi connectivity index (χ0n) is 9.68. The zero-order valence-corrected chi connectivity index (χ0v) is 9.68. The molecular weight excluding hydrogens is 216 g/mol. The summed E-state index contributed by atoms with van der Waals surface area (Å²) in [4.78, 5) is 8.51. The molecule has 5 heteroatoms. The lowest BCUT2D eigenvalue weighted by atomic mass is 10.2. The lowest BCUT2D eigenvalue weighted by Gasteiger charge is -2.03. The van der Waals surface area contributed by atoms with Gasteiger partial charge in [-0.15, -0.1) is 0 Å². The maximum Gasteiger partial charge on any atom is 0.191 e.